The van der Waals surface area contributed by atoms with Crippen LogP contribution in [0.4, 0.5) is 0 Å². The predicted molar refractivity (Wildman–Crippen MR) is 37.3 cm³/mol. The first-order valence-corrected chi connectivity index (χ1v) is 3.68. The second kappa shape index (κ2) is 3.01. The maximum atomic E-state index is 10.9. The van der Waals surface area contributed by atoms with Gasteiger partial charge in [0.1, 0.15) is 6.04 Å². The van der Waals surface area contributed by atoms with Crippen LogP contribution in [-0.2, 0) is 9.53 Å². The Labute approximate surface area is 60.5 Å². The van der Waals surface area contributed by atoms with Gasteiger partial charge in [-0.2, -0.15) is 0 Å². The van der Waals surface area contributed by atoms with Gasteiger partial charge < -0.3 is 10.5 Å². The summed E-state index contributed by atoms with van der Waals surface area (Å²) in [6, 6.07) is -0.361. The van der Waals surface area contributed by atoms with Gasteiger partial charge in [0.15, 0.2) is 0 Å². The van der Waals surface area contributed by atoms with Crippen LogP contribution in [0.2, 0.25) is 0 Å². The lowest BCUT2D eigenvalue weighted by molar-refractivity contribution is -0.145. The van der Waals surface area contributed by atoms with Crippen LogP contribution in [0.3, 0.4) is 0 Å². The zero-order chi connectivity index (χ0) is 7.56. The minimum Gasteiger partial charge on any atom is -0.465 e. The topological polar surface area (TPSA) is 52.3 Å². The number of carbonyl (C=O) groups is 1. The summed E-state index contributed by atoms with van der Waals surface area (Å²) in [5, 5.41) is 0. The number of carbonyl (C=O) groups excluding carboxylic acids is 1. The fraction of sp³-hybridized carbons (Fsp3) is 0.857. The second-order valence-corrected chi connectivity index (χ2v) is 2.62. The number of rotatable bonds is 3. The number of hydrogen-bond donors (Lipinski definition) is 1. The summed E-state index contributed by atoms with van der Waals surface area (Å²) in [5.74, 6) is 0.157. The van der Waals surface area contributed by atoms with Gasteiger partial charge in [-0.25, -0.2) is 0 Å². The Bertz CT molecular complexity index is 132. The van der Waals surface area contributed by atoms with Crippen LogP contribution in [0.15, 0.2) is 0 Å². The van der Waals surface area contributed by atoms with Gasteiger partial charge in [-0.05, 0) is 25.7 Å². The quantitative estimate of drug-likeness (QED) is 0.577. The van der Waals surface area contributed by atoms with Crippen molar-refractivity contribution in [3.8, 4) is 0 Å². The first-order valence-electron chi connectivity index (χ1n) is 3.68. The van der Waals surface area contributed by atoms with E-state index in [0.717, 1.165) is 12.8 Å². The molecule has 1 atom stereocenters. The van der Waals surface area contributed by atoms with E-state index in [0.29, 0.717) is 12.5 Å². The van der Waals surface area contributed by atoms with E-state index >= 15 is 0 Å². The summed E-state index contributed by atoms with van der Waals surface area (Å²) in [6.07, 6.45) is 2.17. The minimum absolute atomic E-state index is 0.245. The van der Waals surface area contributed by atoms with Crippen molar-refractivity contribution in [2.75, 3.05) is 6.61 Å². The van der Waals surface area contributed by atoms with Crippen molar-refractivity contribution in [2.24, 2.45) is 11.7 Å². The molecule has 58 valence electrons. The van der Waals surface area contributed by atoms with Gasteiger partial charge >= 0.3 is 5.97 Å². The normalized spacial score (nSPS) is 20.2. The van der Waals surface area contributed by atoms with E-state index in [1.165, 1.54) is 0 Å². The Morgan fingerprint density at radius 3 is 2.80 bits per heavy atom. The predicted octanol–water partition coefficient (Wildman–Crippen LogP) is 0.287. The molecule has 0 radical (unpaired) electrons. The highest BCUT2D eigenvalue weighted by molar-refractivity contribution is 5.76. The van der Waals surface area contributed by atoms with E-state index in [1.807, 2.05) is 0 Å². The van der Waals surface area contributed by atoms with Crippen LogP contribution in [0.1, 0.15) is 19.8 Å². The molecule has 0 amide bonds. The first-order chi connectivity index (χ1) is 4.75. The van der Waals surface area contributed by atoms with Crippen molar-refractivity contribution in [3.63, 3.8) is 0 Å². The van der Waals surface area contributed by atoms with Gasteiger partial charge in [0, 0.05) is 0 Å². The summed E-state index contributed by atoms with van der Waals surface area (Å²) in [4.78, 5) is 10.9. The van der Waals surface area contributed by atoms with Gasteiger partial charge in [-0.15, -0.1) is 0 Å². The summed E-state index contributed by atoms with van der Waals surface area (Å²) in [6.45, 7) is 2.22. The van der Waals surface area contributed by atoms with Gasteiger partial charge in [-0.3, -0.25) is 4.79 Å². The highest BCUT2D eigenvalue weighted by Crippen LogP contribution is 2.31. The molecule has 0 saturated heterocycles. The molecule has 0 bridgehead atoms. The van der Waals surface area contributed by atoms with Gasteiger partial charge in [0.2, 0.25) is 0 Å². The zero-order valence-corrected chi connectivity index (χ0v) is 6.17. The van der Waals surface area contributed by atoms with Crippen LogP contribution in [0.25, 0.3) is 0 Å². The number of hydrogen-bond acceptors (Lipinski definition) is 3. The first kappa shape index (κ1) is 7.54. The highest BCUT2D eigenvalue weighted by Gasteiger charge is 2.33. The fourth-order valence-corrected chi connectivity index (χ4v) is 0.886. The van der Waals surface area contributed by atoms with Crippen molar-refractivity contribution in [1.29, 1.82) is 0 Å². The van der Waals surface area contributed by atoms with E-state index < -0.39 is 0 Å². The van der Waals surface area contributed by atoms with Crippen molar-refractivity contribution >= 4 is 5.97 Å². The Morgan fingerprint density at radius 2 is 2.40 bits per heavy atom. The van der Waals surface area contributed by atoms with E-state index in [9.17, 15) is 4.79 Å². The van der Waals surface area contributed by atoms with E-state index in [4.69, 9.17) is 10.5 Å². The lowest BCUT2D eigenvalue weighted by Gasteiger charge is -2.07. The number of ether oxygens (including phenoxy) is 1. The maximum Gasteiger partial charge on any atom is 0.323 e. The fourth-order valence-electron chi connectivity index (χ4n) is 0.886. The molecule has 2 N–H and O–H groups in total. The standard InChI is InChI=1S/C7H13NO2/c1-2-10-7(9)6(8)5-3-4-5/h5-6H,2-4,8H2,1H3. The minimum atomic E-state index is -0.361. The second-order valence-electron chi connectivity index (χ2n) is 2.62. The summed E-state index contributed by atoms with van der Waals surface area (Å²) < 4.78 is 4.74. The van der Waals surface area contributed by atoms with Gasteiger partial charge in [0.05, 0.1) is 6.61 Å². The molecule has 0 spiro atoms. The molecule has 0 aliphatic heterocycles. The van der Waals surface area contributed by atoms with Gasteiger partial charge in [0.25, 0.3) is 0 Å². The molecule has 0 heterocycles. The molecule has 1 unspecified atom stereocenters. The third-order valence-corrected chi connectivity index (χ3v) is 1.69. The lowest BCUT2D eigenvalue weighted by atomic mass is 10.2. The van der Waals surface area contributed by atoms with E-state index in [1.54, 1.807) is 6.92 Å². The van der Waals surface area contributed by atoms with Crippen LogP contribution in [0.5, 0.6) is 0 Å². The largest absolute Gasteiger partial charge is 0.465 e. The molecule has 1 aliphatic rings. The third kappa shape index (κ3) is 1.70. The van der Waals surface area contributed by atoms with Crippen LogP contribution >= 0.6 is 0 Å². The van der Waals surface area contributed by atoms with Crippen LogP contribution < -0.4 is 5.73 Å². The molecular weight excluding hydrogens is 130 g/mol. The molecular formula is C7H13NO2. The molecule has 0 aromatic heterocycles. The molecule has 3 nitrogen and oxygen atoms in total. The summed E-state index contributed by atoms with van der Waals surface area (Å²) in [5.41, 5.74) is 5.53. The van der Waals surface area contributed by atoms with Crippen molar-refractivity contribution < 1.29 is 9.53 Å². The van der Waals surface area contributed by atoms with E-state index in [-0.39, 0.29) is 12.0 Å². The smallest absolute Gasteiger partial charge is 0.323 e. The molecule has 10 heavy (non-hydrogen) atoms. The Hall–Kier alpha value is -0.570. The average Bonchev–Trinajstić information content (AvgIpc) is 2.68. The third-order valence-electron chi connectivity index (χ3n) is 1.69. The molecule has 3 heteroatoms. The number of nitrogens with two attached hydrogens (primary N) is 1. The summed E-state index contributed by atoms with van der Waals surface area (Å²) in [7, 11) is 0. The molecule has 1 fully saturated rings. The van der Waals surface area contributed by atoms with Crippen LogP contribution in [-0.4, -0.2) is 18.6 Å². The van der Waals surface area contributed by atoms with Crippen molar-refractivity contribution in [3.05, 3.63) is 0 Å². The number of esters is 1. The molecule has 1 aliphatic carbocycles. The average molecular weight is 143 g/mol. The maximum absolute atomic E-state index is 10.9. The monoisotopic (exact) mass is 143 g/mol. The van der Waals surface area contributed by atoms with Crippen LogP contribution in [0, 0.1) is 5.92 Å². The van der Waals surface area contributed by atoms with Crippen molar-refractivity contribution in [2.45, 2.75) is 25.8 Å². The SMILES string of the molecule is CCOC(=O)C(N)C1CC1. The Morgan fingerprint density at radius 1 is 1.80 bits per heavy atom. The van der Waals surface area contributed by atoms with E-state index in [2.05, 4.69) is 0 Å². The molecule has 0 aromatic rings. The molecule has 1 saturated carbocycles. The summed E-state index contributed by atoms with van der Waals surface area (Å²) >= 11 is 0. The molecule has 0 aromatic carbocycles. The van der Waals surface area contributed by atoms with Gasteiger partial charge in [-0.1, -0.05) is 0 Å². The van der Waals surface area contributed by atoms with Crippen molar-refractivity contribution in [1.82, 2.24) is 0 Å². The Kier molecular flexibility index (Phi) is 2.27. The Balaban J connectivity index is 2.24. The zero-order valence-electron chi connectivity index (χ0n) is 6.17. The lowest BCUT2D eigenvalue weighted by Crippen LogP contribution is -2.34. The molecule has 1 rings (SSSR count). The highest BCUT2D eigenvalue weighted by atomic mass is 16.5.